The van der Waals surface area contributed by atoms with Crippen LogP contribution in [0.1, 0.15) is 37.8 Å². The molecule has 2 aromatic rings. The minimum Gasteiger partial charge on any atom is -0.481 e. The van der Waals surface area contributed by atoms with E-state index >= 15 is 0 Å². The minimum atomic E-state index is -3.33. The first-order valence-corrected chi connectivity index (χ1v) is 10.1. The number of aliphatic carboxylic acids is 1. The number of hydrogen-bond acceptors (Lipinski definition) is 4. The quantitative estimate of drug-likeness (QED) is 0.757. The molecule has 0 aliphatic rings. The van der Waals surface area contributed by atoms with Crippen LogP contribution >= 0.6 is 0 Å². The van der Waals surface area contributed by atoms with Gasteiger partial charge in [0.1, 0.15) is 0 Å². The van der Waals surface area contributed by atoms with Crippen LogP contribution in [0.25, 0.3) is 0 Å². The third kappa shape index (κ3) is 5.17. The molecule has 0 aliphatic carbocycles. The van der Waals surface area contributed by atoms with Crippen molar-refractivity contribution in [3.8, 4) is 0 Å². The topological polar surface area (TPSA) is 101 Å². The van der Waals surface area contributed by atoms with Gasteiger partial charge in [-0.15, -0.1) is 0 Å². The van der Waals surface area contributed by atoms with Crippen LogP contribution in [0.4, 0.5) is 5.69 Å². The molecule has 2 aromatic carbocycles. The highest BCUT2D eigenvalue weighted by molar-refractivity contribution is 7.92. The second-order valence-electron chi connectivity index (χ2n) is 6.64. The molecule has 6 nitrogen and oxygen atoms in total. The minimum absolute atomic E-state index is 0.106. The Balaban J connectivity index is 2.01. The molecular weight excluding hydrogens is 366 g/mol. The van der Waals surface area contributed by atoms with Gasteiger partial charge in [0.05, 0.1) is 22.5 Å². The highest BCUT2D eigenvalue weighted by Gasteiger charge is 2.19. The molecule has 2 rings (SSSR count). The zero-order valence-corrected chi connectivity index (χ0v) is 16.3. The maximum Gasteiger partial charge on any atom is 0.310 e. The van der Waals surface area contributed by atoms with Gasteiger partial charge < -0.3 is 10.4 Å². The first-order chi connectivity index (χ1) is 12.6. The second kappa shape index (κ2) is 8.35. The Labute approximate surface area is 159 Å². The van der Waals surface area contributed by atoms with Gasteiger partial charge in [0, 0.05) is 5.69 Å². The molecule has 0 heterocycles. The number of amides is 1. The summed E-state index contributed by atoms with van der Waals surface area (Å²) in [4.78, 5) is 23.4. The standard InChI is InChI=1S/C20H23NO5S/c1-13(2)27(25,26)18-10-4-15(5-11-18)12-19(22)21-17-8-6-16(7-9-17)14(3)20(23)24/h4-11,13-14H,12H2,1-3H3,(H,21,22)(H,23,24). The van der Waals surface area contributed by atoms with E-state index in [4.69, 9.17) is 5.11 Å². The largest absolute Gasteiger partial charge is 0.481 e. The predicted octanol–water partition coefficient (Wildman–Crippen LogP) is 3.24. The van der Waals surface area contributed by atoms with Gasteiger partial charge in [-0.3, -0.25) is 9.59 Å². The number of carboxylic acid groups (broad SMARTS) is 1. The van der Waals surface area contributed by atoms with Gasteiger partial charge in [0.2, 0.25) is 5.91 Å². The van der Waals surface area contributed by atoms with Crippen molar-refractivity contribution < 1.29 is 23.1 Å². The van der Waals surface area contributed by atoms with Gasteiger partial charge in [-0.05, 0) is 56.2 Å². The zero-order chi connectivity index (χ0) is 20.2. The van der Waals surface area contributed by atoms with Crippen LogP contribution in [0.5, 0.6) is 0 Å². The van der Waals surface area contributed by atoms with E-state index in [1.54, 1.807) is 57.2 Å². The second-order valence-corrected chi connectivity index (χ2v) is 9.15. The molecule has 0 aliphatic heterocycles. The van der Waals surface area contributed by atoms with E-state index in [1.807, 2.05) is 0 Å². The van der Waals surface area contributed by atoms with Gasteiger partial charge in [-0.2, -0.15) is 0 Å². The summed E-state index contributed by atoms with van der Waals surface area (Å²) in [6, 6.07) is 12.9. The van der Waals surface area contributed by atoms with Crippen molar-refractivity contribution in [3.63, 3.8) is 0 Å². The van der Waals surface area contributed by atoms with E-state index in [9.17, 15) is 18.0 Å². The summed E-state index contributed by atoms with van der Waals surface area (Å²) in [5, 5.41) is 11.2. The molecule has 0 fully saturated rings. The van der Waals surface area contributed by atoms with Gasteiger partial charge in [-0.25, -0.2) is 8.42 Å². The first-order valence-electron chi connectivity index (χ1n) is 8.56. The molecule has 1 atom stereocenters. The van der Waals surface area contributed by atoms with Gasteiger partial charge >= 0.3 is 5.97 Å². The first kappa shape index (κ1) is 20.6. The highest BCUT2D eigenvalue weighted by Crippen LogP contribution is 2.19. The molecule has 2 N–H and O–H groups in total. The number of nitrogens with one attached hydrogen (secondary N) is 1. The van der Waals surface area contributed by atoms with Crippen molar-refractivity contribution in [2.75, 3.05) is 5.32 Å². The smallest absolute Gasteiger partial charge is 0.310 e. The number of rotatable bonds is 7. The van der Waals surface area contributed by atoms with Crippen LogP contribution < -0.4 is 5.32 Å². The van der Waals surface area contributed by atoms with Gasteiger partial charge in [0.15, 0.2) is 9.84 Å². The molecule has 144 valence electrons. The van der Waals surface area contributed by atoms with Crippen LogP contribution in [0.2, 0.25) is 0 Å². The summed E-state index contributed by atoms with van der Waals surface area (Å²) in [5.74, 6) is -1.77. The average molecular weight is 389 g/mol. The normalized spacial score (nSPS) is 12.6. The maximum atomic E-state index is 12.2. The average Bonchev–Trinajstić information content (AvgIpc) is 2.62. The van der Waals surface area contributed by atoms with E-state index in [-0.39, 0.29) is 17.2 Å². The number of anilines is 1. The molecule has 0 spiro atoms. The molecular formula is C20H23NO5S. The summed E-state index contributed by atoms with van der Waals surface area (Å²) in [6.07, 6.45) is 0.106. The molecule has 0 saturated heterocycles. The number of carboxylic acids is 1. The maximum absolute atomic E-state index is 12.2. The Bertz CT molecular complexity index is 916. The van der Waals surface area contributed by atoms with Crippen LogP contribution in [0.3, 0.4) is 0 Å². The number of carbonyl (C=O) groups excluding carboxylic acids is 1. The van der Waals surface area contributed by atoms with Crippen LogP contribution in [-0.4, -0.2) is 30.7 Å². The summed E-state index contributed by atoms with van der Waals surface area (Å²) in [7, 11) is -3.33. The molecule has 0 radical (unpaired) electrons. The summed E-state index contributed by atoms with van der Waals surface area (Å²) >= 11 is 0. The molecule has 27 heavy (non-hydrogen) atoms. The summed E-state index contributed by atoms with van der Waals surface area (Å²) in [6.45, 7) is 4.84. The molecule has 1 unspecified atom stereocenters. The third-order valence-corrected chi connectivity index (χ3v) is 6.47. The van der Waals surface area contributed by atoms with E-state index in [1.165, 1.54) is 12.1 Å². The van der Waals surface area contributed by atoms with Crippen LogP contribution in [0, 0.1) is 0 Å². The van der Waals surface area contributed by atoms with Crippen molar-refractivity contribution in [2.24, 2.45) is 0 Å². The fourth-order valence-electron chi connectivity index (χ4n) is 2.46. The number of benzene rings is 2. The van der Waals surface area contributed by atoms with Crippen LogP contribution in [0.15, 0.2) is 53.4 Å². The SMILES string of the molecule is CC(C(=O)O)c1ccc(NC(=O)Cc2ccc(S(=O)(=O)C(C)C)cc2)cc1. The Morgan fingerprint density at radius 1 is 0.963 bits per heavy atom. The lowest BCUT2D eigenvalue weighted by Gasteiger charge is -2.10. The third-order valence-electron chi connectivity index (χ3n) is 4.30. The van der Waals surface area contributed by atoms with E-state index in [2.05, 4.69) is 5.32 Å². The Hall–Kier alpha value is -2.67. The van der Waals surface area contributed by atoms with Gasteiger partial charge in [0.25, 0.3) is 0 Å². The highest BCUT2D eigenvalue weighted by atomic mass is 32.2. The van der Waals surface area contributed by atoms with Crippen molar-refractivity contribution in [2.45, 2.75) is 43.3 Å². The Kier molecular flexibility index (Phi) is 6.38. The number of hydrogen-bond donors (Lipinski definition) is 2. The van der Waals surface area contributed by atoms with Crippen molar-refractivity contribution >= 4 is 27.4 Å². The van der Waals surface area contributed by atoms with E-state index < -0.39 is 27.0 Å². The predicted molar refractivity (Wildman–Crippen MR) is 104 cm³/mol. The summed E-state index contributed by atoms with van der Waals surface area (Å²) < 4.78 is 24.2. The monoisotopic (exact) mass is 389 g/mol. The lowest BCUT2D eigenvalue weighted by atomic mass is 10.0. The molecule has 7 heteroatoms. The van der Waals surface area contributed by atoms with Crippen molar-refractivity contribution in [1.29, 1.82) is 0 Å². The molecule has 0 aromatic heterocycles. The number of sulfone groups is 1. The van der Waals surface area contributed by atoms with E-state index in [0.29, 0.717) is 16.8 Å². The van der Waals surface area contributed by atoms with Crippen molar-refractivity contribution in [3.05, 3.63) is 59.7 Å². The van der Waals surface area contributed by atoms with Gasteiger partial charge in [-0.1, -0.05) is 24.3 Å². The molecule has 1 amide bonds. The summed E-state index contributed by atoms with van der Waals surface area (Å²) in [5.41, 5.74) is 1.93. The molecule has 0 saturated carbocycles. The molecule has 0 bridgehead atoms. The Morgan fingerprint density at radius 3 is 2.00 bits per heavy atom. The fourth-order valence-corrected chi connectivity index (χ4v) is 3.52. The van der Waals surface area contributed by atoms with Crippen molar-refractivity contribution in [1.82, 2.24) is 0 Å². The van der Waals surface area contributed by atoms with Crippen LogP contribution in [-0.2, 0) is 25.8 Å². The fraction of sp³-hybridized carbons (Fsp3) is 0.300. The lowest BCUT2D eigenvalue weighted by Crippen LogP contribution is -2.16. The van der Waals surface area contributed by atoms with E-state index in [0.717, 1.165) is 0 Å². The lowest BCUT2D eigenvalue weighted by molar-refractivity contribution is -0.138. The zero-order valence-electron chi connectivity index (χ0n) is 15.5. The number of carbonyl (C=O) groups is 2. The Morgan fingerprint density at radius 2 is 1.52 bits per heavy atom.